The maximum atomic E-state index is 12.1. The van der Waals surface area contributed by atoms with E-state index in [1.165, 1.54) is 17.6 Å². The maximum absolute atomic E-state index is 12.1. The number of hydrogen-bond acceptors (Lipinski definition) is 5. The van der Waals surface area contributed by atoms with Gasteiger partial charge >= 0.3 is 5.97 Å². The lowest BCUT2D eigenvalue weighted by molar-refractivity contribution is -0.154. The number of ether oxygens (including phenoxy) is 1. The van der Waals surface area contributed by atoms with Crippen molar-refractivity contribution in [2.75, 3.05) is 25.1 Å². The largest absolute Gasteiger partial charge is 0.469 e. The zero-order chi connectivity index (χ0) is 17.2. The van der Waals surface area contributed by atoms with Gasteiger partial charge < -0.3 is 9.64 Å². The number of esters is 1. The Hall–Kier alpha value is -1.88. The Morgan fingerprint density at radius 2 is 2.08 bits per heavy atom. The molecule has 1 aromatic carbocycles. The lowest BCUT2D eigenvalue weighted by atomic mass is 9.74. The van der Waals surface area contributed by atoms with Crippen LogP contribution in [0.25, 0.3) is 10.4 Å². The molecular weight excluding hydrogens is 320 g/mol. The van der Waals surface area contributed by atoms with Crippen LogP contribution in [0.3, 0.4) is 0 Å². The first-order valence-electron chi connectivity index (χ1n) is 8.37. The molecule has 2 heterocycles. The van der Waals surface area contributed by atoms with Gasteiger partial charge in [-0.05, 0) is 38.2 Å². The van der Waals surface area contributed by atoms with Crippen molar-refractivity contribution >= 4 is 22.4 Å². The summed E-state index contributed by atoms with van der Waals surface area (Å²) < 4.78 is 5.00. The molecule has 128 valence electrons. The summed E-state index contributed by atoms with van der Waals surface area (Å²) >= 11 is 1.72. The Kier molecular flexibility index (Phi) is 4.90. The normalized spacial score (nSPS) is 18.5. The summed E-state index contributed by atoms with van der Waals surface area (Å²) in [6, 6.07) is 10.3. The fraction of sp³-hybridized carbons (Fsp3) is 0.474. The summed E-state index contributed by atoms with van der Waals surface area (Å²) in [4.78, 5) is 20.2. The third-order valence-corrected chi connectivity index (χ3v) is 6.08. The molecule has 0 radical (unpaired) electrons. The zero-order valence-electron chi connectivity index (χ0n) is 14.5. The van der Waals surface area contributed by atoms with E-state index in [0.29, 0.717) is 0 Å². The molecule has 0 aliphatic carbocycles. The van der Waals surface area contributed by atoms with Crippen molar-refractivity contribution in [2.24, 2.45) is 11.3 Å². The molecule has 0 amide bonds. The van der Waals surface area contributed by atoms with Gasteiger partial charge in [-0.15, -0.1) is 0 Å². The van der Waals surface area contributed by atoms with E-state index in [0.717, 1.165) is 31.1 Å². The van der Waals surface area contributed by atoms with Crippen molar-refractivity contribution < 1.29 is 9.53 Å². The monoisotopic (exact) mass is 344 g/mol. The summed E-state index contributed by atoms with van der Waals surface area (Å²) in [5, 5.41) is 1.04. The summed E-state index contributed by atoms with van der Waals surface area (Å²) in [5.74, 6) is 0.154. The van der Waals surface area contributed by atoms with E-state index in [1.54, 1.807) is 11.3 Å². The van der Waals surface area contributed by atoms with E-state index in [2.05, 4.69) is 22.0 Å². The Bertz CT molecular complexity index is 696. The zero-order valence-corrected chi connectivity index (χ0v) is 15.3. The predicted octanol–water partition coefficient (Wildman–Crippen LogP) is 4.23. The molecule has 0 bridgehead atoms. The van der Waals surface area contributed by atoms with Crippen LogP contribution in [0.15, 0.2) is 36.5 Å². The van der Waals surface area contributed by atoms with Gasteiger partial charge in [0.1, 0.15) is 0 Å². The first-order valence-corrected chi connectivity index (χ1v) is 9.18. The fourth-order valence-corrected chi connectivity index (χ4v) is 4.27. The van der Waals surface area contributed by atoms with Gasteiger partial charge in [0, 0.05) is 19.3 Å². The molecule has 5 heteroatoms. The van der Waals surface area contributed by atoms with E-state index < -0.39 is 5.41 Å². The second-order valence-electron chi connectivity index (χ2n) is 6.87. The molecule has 1 saturated heterocycles. The van der Waals surface area contributed by atoms with Crippen LogP contribution in [0, 0.1) is 11.3 Å². The van der Waals surface area contributed by atoms with Gasteiger partial charge in [0.15, 0.2) is 5.13 Å². The fourth-order valence-electron chi connectivity index (χ4n) is 3.32. The molecule has 1 unspecified atom stereocenters. The van der Waals surface area contributed by atoms with Crippen LogP contribution in [0.4, 0.5) is 5.13 Å². The molecule has 1 aliphatic heterocycles. The average Bonchev–Trinajstić information content (AvgIpc) is 3.12. The van der Waals surface area contributed by atoms with Gasteiger partial charge in [0.25, 0.3) is 0 Å². The van der Waals surface area contributed by atoms with Crippen LogP contribution < -0.4 is 4.90 Å². The summed E-state index contributed by atoms with van der Waals surface area (Å²) in [7, 11) is 1.47. The molecule has 24 heavy (non-hydrogen) atoms. The Balaban J connectivity index is 1.76. The number of methoxy groups -OCH3 is 1. The van der Waals surface area contributed by atoms with Crippen molar-refractivity contribution in [3.05, 3.63) is 36.5 Å². The van der Waals surface area contributed by atoms with Crippen LogP contribution in [0.5, 0.6) is 0 Å². The number of nitrogens with zero attached hydrogens (tertiary/aromatic N) is 2. The van der Waals surface area contributed by atoms with Crippen molar-refractivity contribution in [1.82, 2.24) is 4.98 Å². The lowest BCUT2D eigenvalue weighted by Crippen LogP contribution is -2.45. The first kappa shape index (κ1) is 17.0. The number of aromatic nitrogens is 1. The van der Waals surface area contributed by atoms with E-state index in [1.807, 2.05) is 38.2 Å². The minimum absolute atomic E-state index is 0.126. The van der Waals surface area contributed by atoms with Gasteiger partial charge in [-0.25, -0.2) is 4.98 Å². The third kappa shape index (κ3) is 3.31. The van der Waals surface area contributed by atoms with Crippen molar-refractivity contribution in [1.29, 1.82) is 0 Å². The average molecular weight is 344 g/mol. The van der Waals surface area contributed by atoms with Crippen molar-refractivity contribution in [3.63, 3.8) is 0 Å². The van der Waals surface area contributed by atoms with Crippen molar-refractivity contribution in [2.45, 2.75) is 26.7 Å². The number of carbonyl (C=O) groups is 1. The highest BCUT2D eigenvalue weighted by molar-refractivity contribution is 7.18. The number of rotatable bonds is 4. The Morgan fingerprint density at radius 3 is 2.79 bits per heavy atom. The van der Waals surface area contributed by atoms with Gasteiger partial charge in [-0.3, -0.25) is 4.79 Å². The quantitative estimate of drug-likeness (QED) is 0.779. The number of anilines is 1. The maximum Gasteiger partial charge on any atom is 0.311 e. The van der Waals surface area contributed by atoms with Crippen LogP contribution in [0.2, 0.25) is 0 Å². The molecule has 1 aromatic heterocycles. The van der Waals surface area contributed by atoms with Gasteiger partial charge in [-0.1, -0.05) is 41.7 Å². The molecule has 0 saturated carbocycles. The highest BCUT2D eigenvalue weighted by Crippen LogP contribution is 2.38. The number of benzene rings is 1. The summed E-state index contributed by atoms with van der Waals surface area (Å²) in [5.41, 5.74) is 0.733. The topological polar surface area (TPSA) is 42.4 Å². The van der Waals surface area contributed by atoms with Crippen LogP contribution >= 0.6 is 11.3 Å². The van der Waals surface area contributed by atoms with Crippen LogP contribution in [-0.4, -0.2) is 31.2 Å². The molecule has 2 aromatic rings. The minimum Gasteiger partial charge on any atom is -0.469 e. The molecule has 3 rings (SSSR count). The van der Waals surface area contributed by atoms with Crippen molar-refractivity contribution in [3.8, 4) is 10.4 Å². The van der Waals surface area contributed by atoms with Crippen LogP contribution in [0.1, 0.15) is 26.7 Å². The highest BCUT2D eigenvalue weighted by Gasteiger charge is 2.40. The molecular formula is C19H24N2O2S. The van der Waals surface area contributed by atoms with E-state index >= 15 is 0 Å². The number of hydrogen-bond donors (Lipinski definition) is 0. The minimum atomic E-state index is -0.465. The van der Waals surface area contributed by atoms with Gasteiger partial charge in [-0.2, -0.15) is 0 Å². The second-order valence-corrected chi connectivity index (χ2v) is 7.88. The number of carbonyl (C=O) groups excluding carboxylic acids is 1. The number of piperidine rings is 1. The molecule has 1 aliphatic rings. The SMILES string of the molecule is COC(=O)C(C)(C)C1CCCN(c2ncc(-c3ccccc3)s2)C1. The lowest BCUT2D eigenvalue weighted by Gasteiger charge is -2.39. The highest BCUT2D eigenvalue weighted by atomic mass is 32.1. The Labute approximate surface area is 147 Å². The summed E-state index contributed by atoms with van der Waals surface area (Å²) in [6.45, 7) is 5.83. The standard InChI is InChI=1S/C19H24N2O2S/c1-19(2,17(22)23-3)15-10-7-11-21(13-15)18-20-12-16(24-18)14-8-5-4-6-9-14/h4-6,8-9,12,15H,7,10-11,13H2,1-3H3. The van der Waals surface area contributed by atoms with E-state index in [9.17, 15) is 4.79 Å². The molecule has 4 nitrogen and oxygen atoms in total. The summed E-state index contributed by atoms with van der Waals surface area (Å²) in [6.07, 6.45) is 4.07. The number of thiazole rings is 1. The smallest absolute Gasteiger partial charge is 0.311 e. The second kappa shape index (κ2) is 6.93. The van der Waals surface area contributed by atoms with E-state index in [-0.39, 0.29) is 11.9 Å². The van der Waals surface area contributed by atoms with Crippen LogP contribution in [-0.2, 0) is 9.53 Å². The molecule has 1 atom stereocenters. The molecule has 0 N–H and O–H groups in total. The third-order valence-electron chi connectivity index (χ3n) is 4.98. The van der Waals surface area contributed by atoms with Gasteiger partial charge in [0.2, 0.25) is 0 Å². The Morgan fingerprint density at radius 1 is 1.33 bits per heavy atom. The first-order chi connectivity index (χ1) is 11.5. The predicted molar refractivity (Wildman–Crippen MR) is 98.3 cm³/mol. The molecule has 0 spiro atoms. The molecule has 1 fully saturated rings. The van der Waals surface area contributed by atoms with E-state index in [4.69, 9.17) is 4.74 Å². The van der Waals surface area contributed by atoms with Gasteiger partial charge in [0.05, 0.1) is 17.4 Å².